The predicted molar refractivity (Wildman–Crippen MR) is 110 cm³/mol. The Kier molecular flexibility index (Phi) is 5.94. The zero-order valence-electron chi connectivity index (χ0n) is 16.2. The largest absolute Gasteiger partial charge is 0.497 e. The fraction of sp³-hybridized carbons (Fsp3) is 0.238. The minimum Gasteiger partial charge on any atom is -0.497 e. The number of hydrogen-bond donors (Lipinski definition) is 1. The van der Waals surface area contributed by atoms with Crippen molar-refractivity contribution in [2.75, 3.05) is 7.11 Å². The van der Waals surface area contributed by atoms with Crippen molar-refractivity contribution in [2.45, 2.75) is 25.5 Å². The van der Waals surface area contributed by atoms with Crippen molar-refractivity contribution in [3.8, 4) is 17.2 Å². The number of aromatic nitrogens is 2. The first-order chi connectivity index (χ1) is 14.6. The van der Waals surface area contributed by atoms with Gasteiger partial charge in [0.05, 0.1) is 13.5 Å². The number of carbonyl (C=O) groups is 1. The van der Waals surface area contributed by atoms with Crippen molar-refractivity contribution >= 4 is 23.2 Å². The Hall–Kier alpha value is -3.39. The Morgan fingerprint density at radius 3 is 2.87 bits per heavy atom. The molecule has 3 aromatic rings. The van der Waals surface area contributed by atoms with E-state index in [1.165, 1.54) is 0 Å². The van der Waals surface area contributed by atoms with Crippen molar-refractivity contribution < 1.29 is 18.9 Å². The van der Waals surface area contributed by atoms with Crippen LogP contribution in [0.3, 0.4) is 0 Å². The Balaban J connectivity index is 1.28. The molecule has 8 nitrogen and oxygen atoms in total. The third-order valence-electron chi connectivity index (χ3n) is 4.56. The second-order valence-corrected chi connectivity index (χ2v) is 7.17. The summed E-state index contributed by atoms with van der Waals surface area (Å²) in [7, 11) is 1.61. The third-order valence-corrected chi connectivity index (χ3v) is 4.79. The van der Waals surface area contributed by atoms with Gasteiger partial charge in [-0.25, -0.2) is 0 Å². The van der Waals surface area contributed by atoms with Crippen LogP contribution in [0.15, 0.2) is 58.2 Å². The maximum Gasteiger partial charge on any atom is 0.269 e. The maximum absolute atomic E-state index is 12.4. The van der Waals surface area contributed by atoms with Crippen molar-refractivity contribution in [3.05, 3.63) is 64.9 Å². The molecular formula is C21H19ClN4O4. The minimum atomic E-state index is -0.323. The Labute approximate surface area is 177 Å². The molecule has 0 unspecified atom stereocenters. The SMILES string of the molecule is COc1ccc(CNC(=O)C2=NO[C@@H](Cc3noc(-c4cccc(Cl)c4)n3)C2)cc1. The van der Waals surface area contributed by atoms with Crippen molar-refractivity contribution in [2.24, 2.45) is 5.16 Å². The standard InChI is InChI=1S/C21H19ClN4O4/c1-28-16-7-5-13(6-8-16)12-23-20(27)18-10-17(29-25-18)11-19-24-21(30-26-19)14-3-2-4-15(22)9-14/h2-9,17H,10-12H2,1H3,(H,23,27)/t17-/m1/s1. The molecule has 1 aromatic heterocycles. The second kappa shape index (κ2) is 8.96. The average Bonchev–Trinajstić information content (AvgIpc) is 3.43. The molecule has 2 heterocycles. The highest BCUT2D eigenvalue weighted by Crippen LogP contribution is 2.22. The zero-order chi connectivity index (χ0) is 20.9. The van der Waals surface area contributed by atoms with Gasteiger partial charge in [0, 0.05) is 23.6 Å². The molecule has 30 heavy (non-hydrogen) atoms. The lowest BCUT2D eigenvalue weighted by molar-refractivity contribution is -0.115. The Morgan fingerprint density at radius 2 is 2.10 bits per heavy atom. The van der Waals surface area contributed by atoms with Crippen molar-refractivity contribution in [1.82, 2.24) is 15.5 Å². The van der Waals surface area contributed by atoms with Crippen LogP contribution in [0.2, 0.25) is 5.02 Å². The molecule has 1 atom stereocenters. The third kappa shape index (κ3) is 4.77. The number of hydrogen-bond acceptors (Lipinski definition) is 7. The number of methoxy groups -OCH3 is 1. The highest BCUT2D eigenvalue weighted by atomic mass is 35.5. The molecule has 0 aliphatic carbocycles. The van der Waals surface area contributed by atoms with E-state index < -0.39 is 0 Å². The van der Waals surface area contributed by atoms with Crippen LogP contribution in [0.5, 0.6) is 5.75 Å². The molecule has 9 heteroatoms. The van der Waals surface area contributed by atoms with Gasteiger partial charge in [-0.05, 0) is 35.9 Å². The molecular weight excluding hydrogens is 408 g/mol. The van der Waals surface area contributed by atoms with Gasteiger partial charge in [-0.3, -0.25) is 4.79 Å². The number of benzene rings is 2. The molecule has 2 aromatic carbocycles. The van der Waals surface area contributed by atoms with Crippen LogP contribution >= 0.6 is 11.6 Å². The Bertz CT molecular complexity index is 1060. The monoisotopic (exact) mass is 426 g/mol. The van der Waals surface area contributed by atoms with E-state index in [0.717, 1.165) is 16.9 Å². The van der Waals surface area contributed by atoms with Crippen molar-refractivity contribution in [3.63, 3.8) is 0 Å². The second-order valence-electron chi connectivity index (χ2n) is 6.73. The van der Waals surface area contributed by atoms with E-state index in [1.54, 1.807) is 19.2 Å². The molecule has 1 amide bonds. The first kappa shape index (κ1) is 19.9. The number of ether oxygens (including phenoxy) is 1. The summed E-state index contributed by atoms with van der Waals surface area (Å²) in [4.78, 5) is 22.1. The molecule has 0 bridgehead atoms. The van der Waals surface area contributed by atoms with E-state index in [4.69, 9.17) is 25.7 Å². The smallest absolute Gasteiger partial charge is 0.269 e. The number of carbonyl (C=O) groups excluding carboxylic acids is 1. The van der Waals surface area contributed by atoms with Crippen LogP contribution in [0.25, 0.3) is 11.5 Å². The molecule has 1 N–H and O–H groups in total. The highest BCUT2D eigenvalue weighted by molar-refractivity contribution is 6.39. The van der Waals surface area contributed by atoms with Gasteiger partial charge in [-0.2, -0.15) is 4.98 Å². The van der Waals surface area contributed by atoms with Crippen molar-refractivity contribution in [1.29, 1.82) is 0 Å². The van der Waals surface area contributed by atoms with E-state index in [-0.39, 0.29) is 12.0 Å². The first-order valence-electron chi connectivity index (χ1n) is 9.33. The van der Waals surface area contributed by atoms with Crippen LogP contribution in [0.4, 0.5) is 0 Å². The van der Waals surface area contributed by atoms with Crippen LogP contribution in [-0.4, -0.2) is 35.0 Å². The van der Waals surface area contributed by atoms with Gasteiger partial charge in [0.1, 0.15) is 17.6 Å². The van der Waals surface area contributed by atoms with Gasteiger partial charge >= 0.3 is 0 Å². The molecule has 0 saturated carbocycles. The number of nitrogens with zero attached hydrogens (tertiary/aromatic N) is 3. The summed E-state index contributed by atoms with van der Waals surface area (Å²) >= 11 is 5.99. The highest BCUT2D eigenvalue weighted by Gasteiger charge is 2.27. The molecule has 0 spiro atoms. The number of amides is 1. The molecule has 0 fully saturated rings. The normalized spacial score (nSPS) is 15.4. The van der Waals surface area contributed by atoms with Crippen LogP contribution < -0.4 is 10.1 Å². The molecule has 154 valence electrons. The quantitative estimate of drug-likeness (QED) is 0.621. The maximum atomic E-state index is 12.4. The van der Waals surface area contributed by atoms with Gasteiger partial charge in [-0.1, -0.05) is 40.1 Å². The fourth-order valence-electron chi connectivity index (χ4n) is 2.98. The number of rotatable bonds is 7. The zero-order valence-corrected chi connectivity index (χ0v) is 16.9. The fourth-order valence-corrected chi connectivity index (χ4v) is 3.17. The van der Waals surface area contributed by atoms with Gasteiger partial charge in [0.25, 0.3) is 11.8 Å². The Morgan fingerprint density at radius 1 is 1.27 bits per heavy atom. The topological polar surface area (TPSA) is 98.8 Å². The van der Waals surface area contributed by atoms with Crippen LogP contribution in [0.1, 0.15) is 17.8 Å². The van der Waals surface area contributed by atoms with Crippen LogP contribution in [0, 0.1) is 0 Å². The van der Waals surface area contributed by atoms with E-state index >= 15 is 0 Å². The van der Waals surface area contributed by atoms with Gasteiger partial charge in [-0.15, -0.1) is 0 Å². The van der Waals surface area contributed by atoms with E-state index in [0.29, 0.717) is 41.8 Å². The summed E-state index contributed by atoms with van der Waals surface area (Å²) in [5, 5.41) is 11.3. The number of oxime groups is 1. The average molecular weight is 427 g/mol. The lowest BCUT2D eigenvalue weighted by Gasteiger charge is -2.06. The molecule has 1 aliphatic rings. The lowest BCUT2D eigenvalue weighted by atomic mass is 10.1. The number of nitrogens with one attached hydrogen (secondary N) is 1. The summed E-state index contributed by atoms with van der Waals surface area (Å²) in [5.41, 5.74) is 2.04. The first-order valence-corrected chi connectivity index (χ1v) is 9.71. The van der Waals surface area contributed by atoms with E-state index in [1.807, 2.05) is 36.4 Å². The van der Waals surface area contributed by atoms with Gasteiger partial charge in [0.2, 0.25) is 0 Å². The summed E-state index contributed by atoms with van der Waals surface area (Å²) in [6, 6.07) is 14.6. The van der Waals surface area contributed by atoms with E-state index in [9.17, 15) is 4.79 Å². The minimum absolute atomic E-state index is 0.263. The predicted octanol–water partition coefficient (Wildman–Crippen LogP) is 3.40. The molecule has 0 radical (unpaired) electrons. The summed E-state index contributed by atoms with van der Waals surface area (Å²) < 4.78 is 10.4. The molecule has 1 aliphatic heterocycles. The summed E-state index contributed by atoms with van der Waals surface area (Å²) in [5.74, 6) is 1.36. The van der Waals surface area contributed by atoms with Crippen LogP contribution in [-0.2, 0) is 22.6 Å². The van der Waals surface area contributed by atoms with Gasteiger partial charge < -0.3 is 19.4 Å². The number of halogens is 1. The lowest BCUT2D eigenvalue weighted by Crippen LogP contribution is -2.30. The summed E-state index contributed by atoms with van der Waals surface area (Å²) in [6.45, 7) is 0.389. The molecule has 0 saturated heterocycles. The summed E-state index contributed by atoms with van der Waals surface area (Å²) in [6.07, 6.45) is 0.426. The van der Waals surface area contributed by atoms with Gasteiger partial charge in [0.15, 0.2) is 5.82 Å². The molecule has 4 rings (SSSR count). The van der Waals surface area contributed by atoms with E-state index in [2.05, 4.69) is 20.6 Å².